The topological polar surface area (TPSA) is 67.9 Å². The zero-order valence-corrected chi connectivity index (χ0v) is 12.1. The molecule has 1 aliphatic heterocycles. The number of hydrogen-bond donors (Lipinski definition) is 1. The molecule has 1 N–H and O–H groups in total. The van der Waals surface area contributed by atoms with Crippen molar-refractivity contribution < 1.29 is 19.1 Å². The Balaban J connectivity index is 2.65. The molecule has 0 aliphatic carbocycles. The van der Waals surface area contributed by atoms with Gasteiger partial charge in [0.05, 0.1) is 19.3 Å². The molecule has 1 heterocycles. The maximum Gasteiger partial charge on any atom is 0.245 e. The predicted octanol–water partition coefficient (Wildman–Crippen LogP) is 0.0209. The highest BCUT2D eigenvalue weighted by molar-refractivity contribution is 5.94. The maximum atomic E-state index is 12.3. The number of carbonyl (C=O) groups excluding carboxylic acids is 2. The molecule has 2 unspecified atom stereocenters. The summed E-state index contributed by atoms with van der Waals surface area (Å²) in [5, 5.41) is 2.75. The minimum atomic E-state index is -0.415. The molecule has 6 heteroatoms. The Morgan fingerprint density at radius 2 is 2.05 bits per heavy atom. The van der Waals surface area contributed by atoms with Gasteiger partial charge in [-0.3, -0.25) is 9.59 Å². The summed E-state index contributed by atoms with van der Waals surface area (Å²) in [4.78, 5) is 25.5. The van der Waals surface area contributed by atoms with Crippen molar-refractivity contribution in [1.82, 2.24) is 10.2 Å². The number of methoxy groups -OCH3 is 2. The molecule has 6 nitrogen and oxygen atoms in total. The van der Waals surface area contributed by atoms with Crippen LogP contribution in [-0.2, 0) is 19.1 Å². The second kappa shape index (κ2) is 7.45. The van der Waals surface area contributed by atoms with E-state index in [2.05, 4.69) is 5.32 Å². The molecule has 0 bridgehead atoms. The molecule has 19 heavy (non-hydrogen) atoms. The summed E-state index contributed by atoms with van der Waals surface area (Å²) in [5.74, 6) is 0.204. The van der Waals surface area contributed by atoms with Crippen molar-refractivity contribution >= 4 is 11.8 Å². The van der Waals surface area contributed by atoms with Crippen LogP contribution in [0.4, 0.5) is 0 Å². The van der Waals surface area contributed by atoms with Gasteiger partial charge in [0.15, 0.2) is 0 Å². The van der Waals surface area contributed by atoms with Crippen molar-refractivity contribution in [2.75, 3.05) is 33.9 Å². The Hall–Kier alpha value is -1.14. The van der Waals surface area contributed by atoms with Gasteiger partial charge in [-0.15, -0.1) is 0 Å². The number of nitrogens with one attached hydrogen (secondary N) is 1. The van der Waals surface area contributed by atoms with Crippen LogP contribution in [0.1, 0.15) is 20.3 Å². The molecule has 0 saturated carbocycles. The molecule has 110 valence electrons. The zero-order chi connectivity index (χ0) is 14.4. The number of rotatable bonds is 7. The quantitative estimate of drug-likeness (QED) is 0.709. The number of amides is 2. The third kappa shape index (κ3) is 4.80. The molecule has 0 aromatic heterocycles. The minimum Gasteiger partial charge on any atom is -0.382 e. The van der Waals surface area contributed by atoms with Gasteiger partial charge in [0.2, 0.25) is 11.8 Å². The Bertz CT molecular complexity index is 320. The highest BCUT2D eigenvalue weighted by atomic mass is 16.5. The van der Waals surface area contributed by atoms with Gasteiger partial charge in [0, 0.05) is 20.8 Å². The Morgan fingerprint density at radius 1 is 1.37 bits per heavy atom. The van der Waals surface area contributed by atoms with E-state index < -0.39 is 6.04 Å². The smallest absolute Gasteiger partial charge is 0.245 e. The van der Waals surface area contributed by atoms with Gasteiger partial charge in [-0.05, 0) is 12.3 Å². The van der Waals surface area contributed by atoms with Crippen LogP contribution in [0, 0.1) is 5.92 Å². The molecule has 1 saturated heterocycles. The molecule has 0 spiro atoms. The molecule has 0 aromatic carbocycles. The Morgan fingerprint density at radius 3 is 2.58 bits per heavy atom. The second-order valence-electron chi connectivity index (χ2n) is 5.28. The van der Waals surface area contributed by atoms with Gasteiger partial charge in [0.1, 0.15) is 6.04 Å². The molecule has 2 amide bonds. The molecular weight excluding hydrogens is 248 g/mol. The lowest BCUT2D eigenvalue weighted by Gasteiger charge is -2.34. The van der Waals surface area contributed by atoms with E-state index in [1.807, 2.05) is 13.8 Å². The van der Waals surface area contributed by atoms with E-state index in [0.29, 0.717) is 25.5 Å². The summed E-state index contributed by atoms with van der Waals surface area (Å²) in [6.45, 7) is 4.93. The third-order valence-corrected chi connectivity index (χ3v) is 3.10. The molecule has 0 radical (unpaired) electrons. The Kier molecular flexibility index (Phi) is 6.24. The lowest BCUT2D eigenvalue weighted by Crippen LogP contribution is -2.59. The second-order valence-corrected chi connectivity index (χ2v) is 5.28. The fourth-order valence-electron chi connectivity index (χ4n) is 2.19. The van der Waals surface area contributed by atoms with E-state index in [9.17, 15) is 9.59 Å². The summed E-state index contributed by atoms with van der Waals surface area (Å²) in [6.07, 6.45) is 0.447. The van der Waals surface area contributed by atoms with Gasteiger partial charge < -0.3 is 19.7 Å². The van der Waals surface area contributed by atoms with Crippen molar-refractivity contribution in [2.24, 2.45) is 5.92 Å². The largest absolute Gasteiger partial charge is 0.382 e. The summed E-state index contributed by atoms with van der Waals surface area (Å²) < 4.78 is 10.3. The first-order valence-corrected chi connectivity index (χ1v) is 6.57. The van der Waals surface area contributed by atoms with Crippen LogP contribution in [-0.4, -0.2) is 62.8 Å². The number of hydrogen-bond acceptors (Lipinski definition) is 4. The van der Waals surface area contributed by atoms with Gasteiger partial charge in [-0.2, -0.15) is 0 Å². The molecule has 0 aromatic rings. The van der Waals surface area contributed by atoms with Crippen molar-refractivity contribution in [2.45, 2.75) is 32.4 Å². The average Bonchev–Trinajstić information content (AvgIpc) is 2.33. The lowest BCUT2D eigenvalue weighted by molar-refractivity contribution is -0.146. The average molecular weight is 272 g/mol. The number of carbonyl (C=O) groups is 2. The Labute approximate surface area is 114 Å². The SMILES string of the molecule is COCC(CN1CC(=O)NC(CC(C)C)C1=O)OC. The van der Waals surface area contributed by atoms with E-state index in [0.717, 1.165) is 0 Å². The fourth-order valence-corrected chi connectivity index (χ4v) is 2.19. The van der Waals surface area contributed by atoms with Crippen LogP contribution in [0.3, 0.4) is 0 Å². The maximum absolute atomic E-state index is 12.3. The van der Waals surface area contributed by atoms with Crippen LogP contribution in [0.2, 0.25) is 0 Å². The van der Waals surface area contributed by atoms with Gasteiger partial charge in [-0.1, -0.05) is 13.8 Å². The number of nitrogens with zero attached hydrogens (tertiary/aromatic N) is 1. The van der Waals surface area contributed by atoms with E-state index >= 15 is 0 Å². The number of ether oxygens (including phenoxy) is 2. The van der Waals surface area contributed by atoms with E-state index in [4.69, 9.17) is 9.47 Å². The first-order chi connectivity index (χ1) is 8.97. The molecule has 1 rings (SSSR count). The molecule has 1 aliphatic rings. The standard InChI is InChI=1S/C13H24N2O4/c1-9(2)5-11-13(17)15(7-12(16)14-11)6-10(19-4)8-18-3/h9-11H,5-8H2,1-4H3,(H,14,16). The highest BCUT2D eigenvalue weighted by Crippen LogP contribution is 2.12. The van der Waals surface area contributed by atoms with Gasteiger partial charge in [0.25, 0.3) is 0 Å². The van der Waals surface area contributed by atoms with E-state index in [1.54, 1.807) is 19.1 Å². The summed E-state index contributed by atoms with van der Waals surface area (Å²) in [6, 6.07) is -0.415. The van der Waals surface area contributed by atoms with Crippen molar-refractivity contribution in [3.63, 3.8) is 0 Å². The third-order valence-electron chi connectivity index (χ3n) is 3.10. The molecule has 1 fully saturated rings. The lowest BCUT2D eigenvalue weighted by atomic mass is 10.0. The van der Waals surface area contributed by atoms with Crippen LogP contribution in [0.15, 0.2) is 0 Å². The van der Waals surface area contributed by atoms with Crippen LogP contribution in [0.25, 0.3) is 0 Å². The zero-order valence-electron chi connectivity index (χ0n) is 12.1. The summed E-state index contributed by atoms with van der Waals surface area (Å²) >= 11 is 0. The monoisotopic (exact) mass is 272 g/mol. The predicted molar refractivity (Wildman–Crippen MR) is 70.6 cm³/mol. The molecule has 2 atom stereocenters. The summed E-state index contributed by atoms with van der Waals surface area (Å²) in [5.41, 5.74) is 0. The van der Waals surface area contributed by atoms with Gasteiger partial charge >= 0.3 is 0 Å². The van der Waals surface area contributed by atoms with Crippen LogP contribution in [0.5, 0.6) is 0 Å². The van der Waals surface area contributed by atoms with Gasteiger partial charge in [-0.25, -0.2) is 0 Å². The van der Waals surface area contributed by atoms with E-state index in [1.165, 1.54) is 0 Å². The molecular formula is C13H24N2O4. The normalized spacial score (nSPS) is 21.7. The minimum absolute atomic E-state index is 0.0357. The van der Waals surface area contributed by atoms with Crippen LogP contribution < -0.4 is 5.32 Å². The summed E-state index contributed by atoms with van der Waals surface area (Å²) in [7, 11) is 3.15. The number of piperazine rings is 1. The van der Waals surface area contributed by atoms with Crippen molar-refractivity contribution in [3.05, 3.63) is 0 Å². The first-order valence-electron chi connectivity index (χ1n) is 6.57. The van der Waals surface area contributed by atoms with Crippen molar-refractivity contribution in [3.8, 4) is 0 Å². The van der Waals surface area contributed by atoms with Crippen molar-refractivity contribution in [1.29, 1.82) is 0 Å². The first kappa shape index (κ1) is 15.9. The highest BCUT2D eigenvalue weighted by Gasteiger charge is 2.33. The fraction of sp³-hybridized carbons (Fsp3) is 0.846. The van der Waals surface area contributed by atoms with E-state index in [-0.39, 0.29) is 24.5 Å². The van der Waals surface area contributed by atoms with Crippen LogP contribution >= 0.6 is 0 Å².